The van der Waals surface area contributed by atoms with Gasteiger partial charge in [-0.2, -0.15) is 10.5 Å². The van der Waals surface area contributed by atoms with E-state index in [1.807, 2.05) is 6.07 Å². The monoisotopic (exact) mass is 1220 g/mol. The number of nitrogens with two attached hydrogens (primary N) is 1. The molecule has 4 aromatic rings. The number of hydrogen-bond donors (Lipinski definition) is 5. The van der Waals surface area contributed by atoms with Crippen LogP contribution in [0, 0.1) is 22.7 Å². The minimum absolute atomic E-state index is 0.0425. The Hall–Kier alpha value is -8.62. The third-order valence-electron chi connectivity index (χ3n) is 10.7. The Morgan fingerprint density at radius 3 is 1.58 bits per heavy atom. The number of aromatic nitrogens is 2. The molecule has 2 aromatic heterocycles. The summed E-state index contributed by atoms with van der Waals surface area (Å²) < 4.78 is 44.2. The molecule has 5 atom stereocenters. The summed E-state index contributed by atoms with van der Waals surface area (Å²) in [6.45, 7) is 20.4. The normalized spacial score (nSPS) is 13.3. The van der Waals surface area contributed by atoms with Crippen molar-refractivity contribution < 1.29 is 75.9 Å². The van der Waals surface area contributed by atoms with Crippen LogP contribution in [-0.2, 0) is 62.9 Å². The van der Waals surface area contributed by atoms with Crippen molar-refractivity contribution in [3.05, 3.63) is 76.6 Å². The zero-order valence-electron chi connectivity index (χ0n) is 49.8. The maximum Gasteiger partial charge on any atom is 0.408 e. The van der Waals surface area contributed by atoms with Crippen LogP contribution in [0.4, 0.5) is 15.4 Å². The van der Waals surface area contributed by atoms with Gasteiger partial charge in [0.05, 0.1) is 24.1 Å². The average molecular weight is 1220 g/mol. The van der Waals surface area contributed by atoms with Crippen LogP contribution in [0.25, 0.3) is 22.6 Å². The van der Waals surface area contributed by atoms with E-state index in [0.717, 1.165) is 11.8 Å². The first kappa shape index (κ1) is 68.9. The van der Waals surface area contributed by atoms with Gasteiger partial charge in [0.15, 0.2) is 6.10 Å². The molecule has 6 N–H and O–H groups in total. The van der Waals surface area contributed by atoms with Gasteiger partial charge in [-0.3, -0.25) is 19.2 Å². The molecule has 0 spiro atoms. The van der Waals surface area contributed by atoms with Crippen LogP contribution >= 0.6 is 23.4 Å². The number of carbonyl (C=O) groups is 8. The molecule has 4 amide bonds. The number of amides is 4. The number of nitrogen functional groups attached to an aromatic ring is 1. The highest BCUT2D eigenvalue weighted by Crippen LogP contribution is 2.37. The lowest BCUT2D eigenvalue weighted by Crippen LogP contribution is -2.53. The van der Waals surface area contributed by atoms with Gasteiger partial charge in [0, 0.05) is 21.9 Å². The molecule has 0 radical (unpaired) electrons. The van der Waals surface area contributed by atoms with E-state index >= 15 is 0 Å². The van der Waals surface area contributed by atoms with Crippen LogP contribution < -0.4 is 31.7 Å². The number of carbonyl (C=O) groups excluding carboxylic acids is 8. The third kappa shape index (κ3) is 23.5. The van der Waals surface area contributed by atoms with Crippen molar-refractivity contribution in [2.75, 3.05) is 18.9 Å². The summed E-state index contributed by atoms with van der Waals surface area (Å²) >= 11 is 7.17. The third-order valence-corrected chi connectivity index (χ3v) is 12.0. The first-order valence-electron chi connectivity index (χ1n) is 26.5. The minimum atomic E-state index is -1.60. The van der Waals surface area contributed by atoms with Gasteiger partial charge in [-0.05, 0) is 139 Å². The molecule has 0 aliphatic rings. The maximum absolute atomic E-state index is 13.8. The Kier molecular flexibility index (Phi) is 24.1. The van der Waals surface area contributed by atoms with Gasteiger partial charge in [-0.1, -0.05) is 35.5 Å². The highest BCUT2D eigenvalue weighted by Gasteiger charge is 2.34. The van der Waals surface area contributed by atoms with Crippen molar-refractivity contribution in [2.24, 2.45) is 0 Å². The van der Waals surface area contributed by atoms with Gasteiger partial charge < -0.3 is 64.6 Å². The average Bonchev–Trinajstić information content (AvgIpc) is 2.22. The van der Waals surface area contributed by atoms with Crippen LogP contribution in [-0.4, -0.2) is 124 Å². The number of thioether (sulfide) groups is 1. The maximum atomic E-state index is 13.8. The quantitative estimate of drug-likeness (QED) is 0.0269. The summed E-state index contributed by atoms with van der Waals surface area (Å²) in [4.78, 5) is 115. The Morgan fingerprint density at radius 1 is 0.635 bits per heavy atom. The summed E-state index contributed by atoms with van der Waals surface area (Å²) in [6, 6.07) is 11.0. The fraction of sp³-hybridized carbons (Fsp3) is 0.483. The summed E-state index contributed by atoms with van der Waals surface area (Å²) in [5.41, 5.74) is 4.15. The van der Waals surface area contributed by atoms with Gasteiger partial charge in [0.25, 0.3) is 0 Å². The predicted molar refractivity (Wildman–Crippen MR) is 309 cm³/mol. The number of benzene rings is 2. The van der Waals surface area contributed by atoms with E-state index in [2.05, 4.69) is 37.3 Å². The molecule has 0 saturated heterocycles. The van der Waals surface area contributed by atoms with Crippen molar-refractivity contribution in [3.8, 4) is 40.5 Å². The van der Waals surface area contributed by atoms with Crippen LogP contribution in [0.2, 0.25) is 5.02 Å². The van der Waals surface area contributed by atoms with E-state index in [1.165, 1.54) is 44.4 Å². The number of oxazole rings is 1. The summed E-state index contributed by atoms with van der Waals surface area (Å²) in [7, 11) is 0. The highest BCUT2D eigenvalue weighted by molar-refractivity contribution is 7.98. The van der Waals surface area contributed by atoms with E-state index in [0.29, 0.717) is 27.7 Å². The molecule has 0 fully saturated rings. The lowest BCUT2D eigenvalue weighted by Gasteiger charge is -2.26. The molecule has 0 aliphatic carbocycles. The van der Waals surface area contributed by atoms with E-state index in [-0.39, 0.29) is 39.0 Å². The highest BCUT2D eigenvalue weighted by atomic mass is 35.5. The lowest BCUT2D eigenvalue weighted by molar-refractivity contribution is -0.164. The Balaban J connectivity index is 1.59. The summed E-state index contributed by atoms with van der Waals surface area (Å²) in [6.07, 6.45) is -3.40. The zero-order valence-corrected chi connectivity index (χ0v) is 51.4. The van der Waals surface area contributed by atoms with Gasteiger partial charge in [-0.15, -0.1) is 0 Å². The van der Waals surface area contributed by atoms with Crippen molar-refractivity contribution in [1.29, 1.82) is 10.5 Å². The fourth-order valence-corrected chi connectivity index (χ4v) is 8.18. The topological polar surface area (TPSA) is 362 Å². The molecule has 0 unspecified atom stereocenters. The molecule has 2 aromatic carbocycles. The zero-order chi connectivity index (χ0) is 63.8. The van der Waals surface area contributed by atoms with Crippen LogP contribution in [0.5, 0.6) is 5.75 Å². The number of nitrogens with zero attached hydrogens (tertiary/aromatic N) is 4. The molecule has 0 aliphatic heterocycles. The second-order valence-corrected chi connectivity index (χ2v) is 24.5. The van der Waals surface area contributed by atoms with E-state index in [9.17, 15) is 48.9 Å². The molecule has 25 nitrogen and oxygen atoms in total. The molecule has 0 saturated carbocycles. The van der Waals surface area contributed by atoms with Crippen LogP contribution in [0.15, 0.2) is 64.2 Å². The number of anilines is 1. The molecule has 27 heteroatoms. The molecule has 4 rings (SSSR count). The standard InChI is InChI=1S/C58H72ClN9O16S/c1-31(63-47(71)41(23-43(69)81-55(3,4)5)66-53(75)83-57(9,10)11)51(73)79-29-38(80-52(74)32(2)64-48(72)42(24-44(70)82-56(6,7)8)67-54(76)84-58(12,13)14)28-77-37-21-17-33(18-22-37)45-39(25-60)46(62)68-50(40(45)26-61)85-30-36-27-78-49(65-36)34-15-19-35(59)20-16-34/h15-22,27,31-32,38,41-42H,23-24,28-30H2,1-14H3,(H2,62,68)(H,63,71)(H,64,72)(H,66,75)(H,67,76)/t31-,32-,38-,41-,42-/m0/s1. The van der Waals surface area contributed by atoms with E-state index < -0.39 is 127 Å². The number of rotatable bonds is 23. The molecule has 85 heavy (non-hydrogen) atoms. The predicted octanol–water partition coefficient (Wildman–Crippen LogP) is 7.77. The molecular formula is C58H72ClN9O16S. The number of halogens is 1. The van der Waals surface area contributed by atoms with Crippen molar-refractivity contribution in [2.45, 2.75) is 173 Å². The number of esters is 4. The molecular weight excluding hydrogens is 1150 g/mol. The van der Waals surface area contributed by atoms with Gasteiger partial charge >= 0.3 is 36.1 Å². The summed E-state index contributed by atoms with van der Waals surface area (Å²) in [5, 5.41) is 30.9. The first-order chi connectivity index (χ1) is 39.4. The largest absolute Gasteiger partial charge is 0.490 e. The lowest BCUT2D eigenvalue weighted by atomic mass is 9.97. The van der Waals surface area contributed by atoms with E-state index in [4.69, 9.17) is 54.9 Å². The van der Waals surface area contributed by atoms with E-state index in [1.54, 1.807) is 107 Å². The van der Waals surface area contributed by atoms with Crippen LogP contribution in [0.1, 0.15) is 127 Å². The Morgan fingerprint density at radius 2 is 1.11 bits per heavy atom. The first-order valence-corrected chi connectivity index (χ1v) is 27.9. The molecule has 0 bridgehead atoms. The van der Waals surface area contributed by atoms with Crippen molar-refractivity contribution in [3.63, 3.8) is 0 Å². The Bertz CT molecular complexity index is 3090. The van der Waals surface area contributed by atoms with Crippen molar-refractivity contribution in [1.82, 2.24) is 31.2 Å². The number of pyridine rings is 1. The molecule has 2 heterocycles. The second-order valence-electron chi connectivity index (χ2n) is 23.1. The summed E-state index contributed by atoms with van der Waals surface area (Å²) in [5.74, 6) is -5.34. The number of nitrogens with one attached hydrogen (secondary N) is 4. The fourth-order valence-electron chi connectivity index (χ4n) is 7.19. The molecule has 458 valence electrons. The number of ether oxygens (including phenoxy) is 7. The minimum Gasteiger partial charge on any atom is -0.490 e. The van der Waals surface area contributed by atoms with Crippen molar-refractivity contribution >= 4 is 77.1 Å². The van der Waals surface area contributed by atoms with Gasteiger partial charge in [-0.25, -0.2) is 29.1 Å². The Labute approximate surface area is 502 Å². The number of nitriles is 2. The van der Waals surface area contributed by atoms with Crippen LogP contribution in [0.3, 0.4) is 0 Å². The van der Waals surface area contributed by atoms with Gasteiger partial charge in [0.1, 0.15) is 100 Å². The smallest absolute Gasteiger partial charge is 0.408 e. The second kappa shape index (κ2) is 29.8. The van der Waals surface area contributed by atoms with Gasteiger partial charge in [0.2, 0.25) is 17.7 Å². The number of hydrogen-bond acceptors (Lipinski definition) is 22. The SMILES string of the molecule is C[C@H](NC(=O)[C@H](CC(=O)OC(C)(C)C)NC(=O)OC(C)(C)C)C(=O)OC[C@H](COc1ccc(-c2c(C#N)c(N)nc(SCc3coc(-c4ccc(Cl)cc4)n3)c2C#N)cc1)OC(=O)[C@H](C)NC(=O)[C@H](CC(=O)OC(C)(C)C)NC(=O)OC(C)(C)C. The number of alkyl carbamates (subject to hydrolysis) is 2.